The maximum atomic E-state index is 13.0. The molecule has 6 bridgehead atoms. The third kappa shape index (κ3) is 5.42. The molecule has 4 N–H and O–H groups in total. The van der Waals surface area contributed by atoms with Gasteiger partial charge in [-0.2, -0.15) is 4.98 Å². The van der Waals surface area contributed by atoms with Crippen LogP contribution >= 0.6 is 11.6 Å². The second-order valence-corrected chi connectivity index (χ2v) is 9.44. The molecule has 1 aromatic heterocycles. The van der Waals surface area contributed by atoms with Crippen molar-refractivity contribution >= 4 is 52.1 Å². The Morgan fingerprint density at radius 3 is 2.58 bits per heavy atom. The lowest BCUT2D eigenvalue weighted by atomic mass is 10.0. The topological polar surface area (TPSA) is 91.0 Å². The van der Waals surface area contributed by atoms with Crippen molar-refractivity contribution in [3.63, 3.8) is 0 Å². The number of fused-ring (bicyclic) bond motifs is 6. The van der Waals surface area contributed by atoms with Crippen LogP contribution in [0.15, 0.2) is 72.9 Å². The Bertz CT molecular complexity index is 1420. The van der Waals surface area contributed by atoms with Crippen LogP contribution in [0.25, 0.3) is 0 Å². The zero-order chi connectivity index (χ0) is 25.1. The summed E-state index contributed by atoms with van der Waals surface area (Å²) in [6.45, 7) is 4.22. The van der Waals surface area contributed by atoms with E-state index in [0.717, 1.165) is 52.3 Å². The van der Waals surface area contributed by atoms with Gasteiger partial charge in [0.1, 0.15) is 5.02 Å². The van der Waals surface area contributed by atoms with Crippen LogP contribution in [0.3, 0.4) is 0 Å². The van der Waals surface area contributed by atoms with Gasteiger partial charge < -0.3 is 21.3 Å². The molecule has 5 rings (SSSR count). The molecule has 2 heterocycles. The minimum atomic E-state index is -0.280. The molecule has 0 aliphatic carbocycles. The van der Waals surface area contributed by atoms with Crippen molar-refractivity contribution in [3.05, 3.63) is 94.6 Å². The molecule has 36 heavy (non-hydrogen) atoms. The van der Waals surface area contributed by atoms with Crippen molar-refractivity contribution < 1.29 is 4.79 Å². The standard InChI is InChI=1S/C28H27ClN6O/c1-17(2)22-8-3-4-9-25(22)34-28(36)33-24-13-12-21-15-19(24)11-10-18-6-5-7-20(14-18)32-27-30-16-23(29)26(31-21)35-27/h3-9,12-17H,10-11H2,1-2H3,(H2,33,34,36)(H2,30,31,32,35). The maximum Gasteiger partial charge on any atom is 0.323 e. The molecular formula is C28H27ClN6O. The number of urea groups is 1. The van der Waals surface area contributed by atoms with Gasteiger partial charge in [-0.3, -0.25) is 0 Å². The predicted molar refractivity (Wildman–Crippen MR) is 147 cm³/mol. The Hall–Kier alpha value is -4.10. The van der Waals surface area contributed by atoms with Crippen molar-refractivity contribution in [1.82, 2.24) is 9.97 Å². The van der Waals surface area contributed by atoms with Crippen LogP contribution < -0.4 is 21.3 Å². The van der Waals surface area contributed by atoms with Crippen LogP contribution in [0.5, 0.6) is 0 Å². The third-order valence-electron chi connectivity index (χ3n) is 6.06. The highest BCUT2D eigenvalue weighted by Gasteiger charge is 2.14. The summed E-state index contributed by atoms with van der Waals surface area (Å²) in [5.41, 5.74) is 6.52. The number of aromatic nitrogens is 2. The predicted octanol–water partition coefficient (Wildman–Crippen LogP) is 7.48. The zero-order valence-electron chi connectivity index (χ0n) is 20.1. The summed E-state index contributed by atoms with van der Waals surface area (Å²) in [5.74, 6) is 1.25. The Morgan fingerprint density at radius 1 is 0.917 bits per heavy atom. The van der Waals surface area contributed by atoms with Crippen LogP contribution in [0.1, 0.15) is 36.5 Å². The maximum absolute atomic E-state index is 13.0. The molecule has 1 aliphatic heterocycles. The van der Waals surface area contributed by atoms with E-state index >= 15 is 0 Å². The van der Waals surface area contributed by atoms with E-state index in [1.165, 1.54) is 0 Å². The number of hydrogen-bond acceptors (Lipinski definition) is 5. The lowest BCUT2D eigenvalue weighted by Gasteiger charge is -2.17. The smallest absolute Gasteiger partial charge is 0.323 e. The number of anilines is 6. The normalized spacial score (nSPS) is 12.3. The lowest BCUT2D eigenvalue weighted by Crippen LogP contribution is -2.21. The zero-order valence-corrected chi connectivity index (χ0v) is 20.9. The van der Waals surface area contributed by atoms with Crippen molar-refractivity contribution in [1.29, 1.82) is 0 Å². The van der Waals surface area contributed by atoms with Gasteiger partial charge in [0.2, 0.25) is 5.95 Å². The van der Waals surface area contributed by atoms with Gasteiger partial charge in [0.25, 0.3) is 0 Å². The average molecular weight is 499 g/mol. The van der Waals surface area contributed by atoms with Crippen molar-refractivity contribution in [2.24, 2.45) is 0 Å². The van der Waals surface area contributed by atoms with Gasteiger partial charge in [-0.25, -0.2) is 9.78 Å². The molecular weight excluding hydrogens is 472 g/mol. The highest BCUT2D eigenvalue weighted by molar-refractivity contribution is 6.32. The van der Waals surface area contributed by atoms with E-state index in [2.05, 4.69) is 57.2 Å². The minimum Gasteiger partial charge on any atom is -0.339 e. The fraction of sp³-hybridized carbons (Fsp3) is 0.179. The Kier molecular flexibility index (Phi) is 6.73. The first-order valence-corrected chi connectivity index (χ1v) is 12.3. The summed E-state index contributed by atoms with van der Waals surface area (Å²) in [6.07, 6.45) is 3.09. The first-order valence-electron chi connectivity index (χ1n) is 11.9. The lowest BCUT2D eigenvalue weighted by molar-refractivity contribution is 0.262. The molecule has 4 aromatic rings. The largest absolute Gasteiger partial charge is 0.339 e. The summed E-state index contributed by atoms with van der Waals surface area (Å²) in [4.78, 5) is 21.8. The van der Waals surface area contributed by atoms with E-state index in [9.17, 15) is 4.79 Å². The number of hydrogen-bond donors (Lipinski definition) is 4. The summed E-state index contributed by atoms with van der Waals surface area (Å²) in [7, 11) is 0. The number of carbonyl (C=O) groups is 1. The molecule has 2 amide bonds. The second-order valence-electron chi connectivity index (χ2n) is 9.03. The number of benzene rings is 3. The molecule has 1 aliphatic rings. The highest BCUT2D eigenvalue weighted by atomic mass is 35.5. The molecule has 0 radical (unpaired) electrons. The Balaban J connectivity index is 1.45. The Labute approximate surface area is 215 Å². The average Bonchev–Trinajstić information content (AvgIpc) is 2.86. The third-order valence-corrected chi connectivity index (χ3v) is 6.33. The molecule has 3 aromatic carbocycles. The van der Waals surface area contributed by atoms with E-state index in [1.807, 2.05) is 54.6 Å². The summed E-state index contributed by atoms with van der Waals surface area (Å²) in [6, 6.07) is 21.5. The molecule has 0 unspecified atom stereocenters. The fourth-order valence-corrected chi connectivity index (χ4v) is 4.39. The first kappa shape index (κ1) is 23.6. The van der Waals surface area contributed by atoms with Crippen LogP contribution in [-0.2, 0) is 12.8 Å². The molecule has 0 atom stereocenters. The van der Waals surface area contributed by atoms with Crippen LogP contribution in [0.2, 0.25) is 5.02 Å². The van der Waals surface area contributed by atoms with E-state index < -0.39 is 0 Å². The van der Waals surface area contributed by atoms with Crippen LogP contribution in [0.4, 0.5) is 39.3 Å². The number of halogens is 1. The monoisotopic (exact) mass is 498 g/mol. The highest BCUT2D eigenvalue weighted by Crippen LogP contribution is 2.30. The summed E-state index contributed by atoms with van der Waals surface area (Å²) >= 11 is 6.36. The summed E-state index contributed by atoms with van der Waals surface area (Å²) < 4.78 is 0. The van der Waals surface area contributed by atoms with Crippen molar-refractivity contribution in [2.75, 3.05) is 21.3 Å². The summed E-state index contributed by atoms with van der Waals surface area (Å²) in [5, 5.41) is 13.0. The van der Waals surface area contributed by atoms with Crippen LogP contribution in [0, 0.1) is 0 Å². The SMILES string of the molecule is CC(C)c1ccccc1NC(=O)Nc1ccc2cc1CCc1cccc(c1)Nc1ncc(Cl)c(n1)N2. The minimum absolute atomic E-state index is 0.280. The molecule has 0 spiro atoms. The van der Waals surface area contributed by atoms with E-state index in [4.69, 9.17) is 11.6 Å². The fourth-order valence-electron chi connectivity index (χ4n) is 4.25. The number of para-hydroxylation sites is 1. The number of rotatable bonds is 3. The number of amides is 2. The molecule has 0 saturated heterocycles. The molecule has 8 heteroatoms. The van der Waals surface area contributed by atoms with Gasteiger partial charge in [0, 0.05) is 22.7 Å². The molecule has 0 fully saturated rings. The second kappa shape index (κ2) is 10.3. The quantitative estimate of drug-likeness (QED) is 0.235. The van der Waals surface area contributed by atoms with E-state index in [1.54, 1.807) is 6.20 Å². The van der Waals surface area contributed by atoms with Gasteiger partial charge in [-0.05, 0) is 71.8 Å². The Morgan fingerprint density at radius 2 is 1.72 bits per heavy atom. The van der Waals surface area contributed by atoms with Gasteiger partial charge >= 0.3 is 6.03 Å². The molecule has 182 valence electrons. The van der Waals surface area contributed by atoms with Gasteiger partial charge in [0.15, 0.2) is 5.82 Å². The number of nitrogens with zero attached hydrogens (tertiary/aromatic N) is 2. The van der Waals surface area contributed by atoms with Gasteiger partial charge in [-0.15, -0.1) is 0 Å². The van der Waals surface area contributed by atoms with Crippen LogP contribution in [-0.4, -0.2) is 16.0 Å². The number of carbonyl (C=O) groups excluding carboxylic acids is 1. The van der Waals surface area contributed by atoms with E-state index in [-0.39, 0.29) is 6.03 Å². The van der Waals surface area contributed by atoms with Gasteiger partial charge in [0.05, 0.1) is 6.20 Å². The van der Waals surface area contributed by atoms with Crippen molar-refractivity contribution in [2.45, 2.75) is 32.6 Å². The first-order chi connectivity index (χ1) is 17.4. The molecule has 0 saturated carbocycles. The van der Waals surface area contributed by atoms with Crippen molar-refractivity contribution in [3.8, 4) is 0 Å². The number of nitrogens with one attached hydrogen (secondary N) is 4. The van der Waals surface area contributed by atoms with Gasteiger partial charge in [-0.1, -0.05) is 55.8 Å². The molecule has 7 nitrogen and oxygen atoms in total. The van der Waals surface area contributed by atoms with E-state index in [0.29, 0.717) is 22.7 Å². The number of aryl methyl sites for hydroxylation is 2.